The van der Waals surface area contributed by atoms with Crippen molar-refractivity contribution >= 4 is 34.5 Å². The van der Waals surface area contributed by atoms with Gasteiger partial charge in [-0.1, -0.05) is 31.5 Å². The molecule has 1 aromatic heterocycles. The summed E-state index contributed by atoms with van der Waals surface area (Å²) in [6.07, 6.45) is 1.51. The highest BCUT2D eigenvalue weighted by Crippen LogP contribution is 2.25. The van der Waals surface area contributed by atoms with Gasteiger partial charge in [0.25, 0.3) is 0 Å². The number of hydrogen-bond donors (Lipinski definition) is 1. The Hall–Kier alpha value is -4.84. The van der Waals surface area contributed by atoms with Gasteiger partial charge in [0.05, 0.1) is 42.2 Å². The van der Waals surface area contributed by atoms with Crippen molar-refractivity contribution in [3.63, 3.8) is 0 Å². The fourth-order valence-corrected chi connectivity index (χ4v) is 4.59. The third-order valence-corrected chi connectivity index (χ3v) is 6.63. The maximum Gasteiger partial charge on any atom is 0.420 e. The molecular formula is C32H35N5O4. The molecule has 0 spiro atoms. The molecule has 1 unspecified atom stereocenters. The minimum absolute atomic E-state index is 0.0363. The third-order valence-electron chi connectivity index (χ3n) is 6.63. The van der Waals surface area contributed by atoms with Crippen LogP contribution in [-0.4, -0.2) is 41.2 Å². The van der Waals surface area contributed by atoms with Crippen LogP contribution in [0.2, 0.25) is 0 Å². The van der Waals surface area contributed by atoms with Crippen molar-refractivity contribution in [2.24, 2.45) is 0 Å². The predicted octanol–water partition coefficient (Wildman–Crippen LogP) is 6.59. The van der Waals surface area contributed by atoms with Crippen LogP contribution in [0.15, 0.2) is 72.8 Å². The number of rotatable bonds is 12. The van der Waals surface area contributed by atoms with Gasteiger partial charge in [-0.2, -0.15) is 5.26 Å². The maximum atomic E-state index is 13.4. The molecule has 0 saturated heterocycles. The molecule has 1 amide bonds. The molecular weight excluding hydrogens is 518 g/mol. The lowest BCUT2D eigenvalue weighted by Crippen LogP contribution is -2.42. The second-order valence-electron chi connectivity index (χ2n) is 9.73. The lowest BCUT2D eigenvalue weighted by molar-refractivity contribution is -0.143. The van der Waals surface area contributed by atoms with Crippen molar-refractivity contribution < 1.29 is 19.1 Å². The number of benzene rings is 3. The van der Waals surface area contributed by atoms with E-state index >= 15 is 0 Å². The summed E-state index contributed by atoms with van der Waals surface area (Å²) in [4.78, 5) is 37.3. The molecule has 0 radical (unpaired) electrons. The van der Waals surface area contributed by atoms with Crippen molar-refractivity contribution in [3.05, 3.63) is 84.2 Å². The predicted molar refractivity (Wildman–Crippen MR) is 159 cm³/mol. The van der Waals surface area contributed by atoms with Gasteiger partial charge < -0.3 is 19.4 Å². The second kappa shape index (κ2) is 14.0. The number of ether oxygens (including phenoxy) is 2. The summed E-state index contributed by atoms with van der Waals surface area (Å²) >= 11 is 0. The standard InChI is InChI=1S/C32H35N5O4/c1-4-6-18-36(25-14-12-24(21-33)13-15-25)22-30-34-28-17-16-27(20-29(28)35-30)41-32(39)37(26-10-8-7-9-11-26)23(3)19-31(38)40-5-2/h7-17,20,23H,4-6,18-19,22H2,1-3H3,(H,34,35). The summed E-state index contributed by atoms with van der Waals surface area (Å²) in [5, 5.41) is 9.14. The summed E-state index contributed by atoms with van der Waals surface area (Å²) in [6.45, 7) is 7.37. The molecule has 41 heavy (non-hydrogen) atoms. The van der Waals surface area contributed by atoms with Crippen LogP contribution in [0.4, 0.5) is 16.2 Å². The number of H-pyrrole nitrogens is 1. The van der Waals surface area contributed by atoms with Gasteiger partial charge in [0.1, 0.15) is 11.6 Å². The molecule has 3 aromatic carbocycles. The fourth-order valence-electron chi connectivity index (χ4n) is 4.59. The van der Waals surface area contributed by atoms with Crippen molar-refractivity contribution in [2.75, 3.05) is 23.0 Å². The number of unbranched alkanes of at least 4 members (excludes halogenated alkanes) is 1. The average Bonchev–Trinajstić information content (AvgIpc) is 3.37. The number of para-hydroxylation sites is 1. The summed E-state index contributed by atoms with van der Waals surface area (Å²) in [5.41, 5.74) is 3.76. The zero-order valence-electron chi connectivity index (χ0n) is 23.7. The normalized spacial score (nSPS) is 11.5. The van der Waals surface area contributed by atoms with Crippen LogP contribution in [-0.2, 0) is 16.1 Å². The number of carbonyl (C=O) groups is 2. The monoisotopic (exact) mass is 553 g/mol. The SMILES string of the molecule is CCCCN(Cc1nc2ccc(OC(=O)N(c3ccccc3)C(C)CC(=O)OCC)cc2[nH]1)c1ccc(C#N)cc1. The zero-order chi connectivity index (χ0) is 29.2. The molecule has 9 nitrogen and oxygen atoms in total. The van der Waals surface area contributed by atoms with Gasteiger partial charge in [0.15, 0.2) is 0 Å². The highest BCUT2D eigenvalue weighted by molar-refractivity contribution is 5.91. The van der Waals surface area contributed by atoms with E-state index in [-0.39, 0.29) is 19.0 Å². The minimum Gasteiger partial charge on any atom is -0.466 e. The number of esters is 1. The summed E-state index contributed by atoms with van der Waals surface area (Å²) < 4.78 is 10.9. The Labute approximate surface area is 240 Å². The van der Waals surface area contributed by atoms with Gasteiger partial charge in [0, 0.05) is 30.0 Å². The Kier molecular flexibility index (Phi) is 9.94. The number of imidazole rings is 1. The molecule has 0 bridgehead atoms. The largest absolute Gasteiger partial charge is 0.466 e. The van der Waals surface area contributed by atoms with Crippen LogP contribution in [0.1, 0.15) is 51.4 Å². The molecule has 4 rings (SSSR count). The van der Waals surface area contributed by atoms with Crippen LogP contribution >= 0.6 is 0 Å². The smallest absolute Gasteiger partial charge is 0.420 e. The van der Waals surface area contributed by atoms with Crippen LogP contribution < -0.4 is 14.5 Å². The lowest BCUT2D eigenvalue weighted by Gasteiger charge is -2.28. The number of amides is 1. The number of carbonyl (C=O) groups excluding carboxylic acids is 2. The lowest BCUT2D eigenvalue weighted by atomic mass is 10.2. The van der Waals surface area contributed by atoms with E-state index in [0.717, 1.165) is 41.9 Å². The van der Waals surface area contributed by atoms with Crippen LogP contribution in [0.25, 0.3) is 11.0 Å². The number of aromatic nitrogens is 2. The summed E-state index contributed by atoms with van der Waals surface area (Å²) in [5.74, 6) is 0.754. The first-order valence-corrected chi connectivity index (χ1v) is 13.9. The number of anilines is 2. The Morgan fingerprint density at radius 2 is 1.78 bits per heavy atom. The number of nitrogens with zero attached hydrogens (tertiary/aromatic N) is 4. The van der Waals surface area contributed by atoms with Crippen LogP contribution in [0.5, 0.6) is 5.75 Å². The quantitative estimate of drug-likeness (QED) is 0.197. The molecule has 1 heterocycles. The van der Waals surface area contributed by atoms with E-state index in [1.807, 2.05) is 48.5 Å². The molecule has 0 aliphatic carbocycles. The maximum absolute atomic E-state index is 13.4. The van der Waals surface area contributed by atoms with Gasteiger partial charge in [0.2, 0.25) is 0 Å². The fraction of sp³-hybridized carbons (Fsp3) is 0.312. The van der Waals surface area contributed by atoms with Crippen molar-refractivity contribution in [1.82, 2.24) is 9.97 Å². The number of aromatic amines is 1. The molecule has 0 aliphatic heterocycles. The van der Waals surface area contributed by atoms with E-state index < -0.39 is 12.1 Å². The Morgan fingerprint density at radius 3 is 2.46 bits per heavy atom. The molecule has 212 valence electrons. The topological polar surface area (TPSA) is 112 Å². The Morgan fingerprint density at radius 1 is 1.02 bits per heavy atom. The highest BCUT2D eigenvalue weighted by atomic mass is 16.6. The molecule has 0 aliphatic rings. The molecule has 0 saturated carbocycles. The van der Waals surface area contributed by atoms with Gasteiger partial charge in [-0.15, -0.1) is 0 Å². The van der Waals surface area contributed by atoms with Gasteiger partial charge in [-0.3, -0.25) is 9.69 Å². The molecule has 4 aromatic rings. The highest BCUT2D eigenvalue weighted by Gasteiger charge is 2.26. The van der Waals surface area contributed by atoms with Crippen molar-refractivity contribution in [2.45, 2.75) is 52.6 Å². The first-order valence-electron chi connectivity index (χ1n) is 13.9. The second-order valence-corrected chi connectivity index (χ2v) is 9.73. The van der Waals surface area contributed by atoms with Gasteiger partial charge >= 0.3 is 12.1 Å². The van der Waals surface area contributed by atoms with E-state index in [1.54, 1.807) is 38.1 Å². The van der Waals surface area contributed by atoms with E-state index in [9.17, 15) is 9.59 Å². The molecule has 9 heteroatoms. The van der Waals surface area contributed by atoms with E-state index in [4.69, 9.17) is 19.7 Å². The average molecular weight is 554 g/mol. The van der Waals surface area contributed by atoms with E-state index in [0.29, 0.717) is 23.5 Å². The van der Waals surface area contributed by atoms with E-state index in [2.05, 4.69) is 22.9 Å². The van der Waals surface area contributed by atoms with Crippen molar-refractivity contribution in [1.29, 1.82) is 5.26 Å². The van der Waals surface area contributed by atoms with Gasteiger partial charge in [-0.05, 0) is 68.8 Å². The minimum atomic E-state index is -0.598. The zero-order valence-corrected chi connectivity index (χ0v) is 23.7. The summed E-state index contributed by atoms with van der Waals surface area (Å²) in [7, 11) is 0. The molecule has 1 N–H and O–H groups in total. The number of nitriles is 1. The van der Waals surface area contributed by atoms with E-state index in [1.165, 1.54) is 4.90 Å². The first-order chi connectivity index (χ1) is 19.9. The molecule has 1 atom stereocenters. The molecule has 0 fully saturated rings. The number of fused-ring (bicyclic) bond motifs is 1. The van der Waals surface area contributed by atoms with Gasteiger partial charge in [-0.25, -0.2) is 9.78 Å². The third kappa shape index (κ3) is 7.63. The summed E-state index contributed by atoms with van der Waals surface area (Å²) in [6, 6.07) is 23.6. The Balaban J connectivity index is 1.52. The Bertz CT molecular complexity index is 1490. The van der Waals surface area contributed by atoms with Crippen LogP contribution in [0, 0.1) is 11.3 Å². The van der Waals surface area contributed by atoms with Crippen LogP contribution in [0.3, 0.4) is 0 Å². The number of nitrogens with one attached hydrogen (secondary N) is 1. The number of hydrogen-bond acceptors (Lipinski definition) is 7. The first kappa shape index (κ1) is 29.2. The van der Waals surface area contributed by atoms with Crippen molar-refractivity contribution in [3.8, 4) is 11.8 Å².